The lowest BCUT2D eigenvalue weighted by molar-refractivity contribution is 0.281. The molecular weight excluding hydrogens is 307 g/mol. The minimum absolute atomic E-state index is 0.134. The Balaban J connectivity index is 2.22. The highest BCUT2D eigenvalue weighted by Gasteiger charge is 2.14. The molecule has 0 saturated carbocycles. The van der Waals surface area contributed by atoms with Crippen molar-refractivity contribution in [3.8, 4) is 11.4 Å². The zero-order chi connectivity index (χ0) is 14.8. The van der Waals surface area contributed by atoms with Crippen LogP contribution in [0, 0.1) is 0 Å². The largest absolute Gasteiger partial charge is 0.396 e. The van der Waals surface area contributed by atoms with Crippen LogP contribution in [0.25, 0.3) is 22.4 Å². The first-order chi connectivity index (χ1) is 10.2. The third-order valence-corrected chi connectivity index (χ3v) is 4.08. The Bertz CT molecular complexity index is 769. The molecule has 0 spiro atoms. The highest BCUT2D eigenvalue weighted by molar-refractivity contribution is 6.42. The first-order valence-corrected chi connectivity index (χ1v) is 7.48. The van der Waals surface area contributed by atoms with Crippen LogP contribution in [0.15, 0.2) is 42.5 Å². The molecule has 5 heteroatoms. The number of hydrogen-bond donors (Lipinski definition) is 1. The third-order valence-electron chi connectivity index (χ3n) is 3.36. The highest BCUT2D eigenvalue weighted by atomic mass is 35.5. The smallest absolute Gasteiger partial charge is 0.141 e. The topological polar surface area (TPSA) is 38.0 Å². The standard InChI is InChI=1S/C16H14Cl2N2O/c17-12-9-14-15(10-13(12)18)20(7-4-8-21)16(19-14)11-5-2-1-3-6-11/h1-3,5-6,9-10,21H,4,7-8H2. The first kappa shape index (κ1) is 14.4. The van der Waals surface area contributed by atoms with Crippen LogP contribution < -0.4 is 0 Å². The van der Waals surface area contributed by atoms with Crippen molar-refractivity contribution in [2.24, 2.45) is 0 Å². The number of rotatable bonds is 4. The molecule has 0 aliphatic rings. The summed E-state index contributed by atoms with van der Waals surface area (Å²) in [7, 11) is 0. The van der Waals surface area contributed by atoms with E-state index in [9.17, 15) is 0 Å². The van der Waals surface area contributed by atoms with Gasteiger partial charge in [0, 0.05) is 18.7 Å². The molecule has 21 heavy (non-hydrogen) atoms. The number of aromatic nitrogens is 2. The van der Waals surface area contributed by atoms with Crippen LogP contribution in [0.3, 0.4) is 0 Å². The Morgan fingerprint density at radius 2 is 1.76 bits per heavy atom. The van der Waals surface area contributed by atoms with E-state index >= 15 is 0 Å². The van der Waals surface area contributed by atoms with Crippen molar-refractivity contribution in [1.29, 1.82) is 0 Å². The van der Waals surface area contributed by atoms with Crippen molar-refractivity contribution < 1.29 is 5.11 Å². The molecule has 0 aliphatic carbocycles. The second-order valence-corrected chi connectivity index (χ2v) is 5.60. The fourth-order valence-corrected chi connectivity index (χ4v) is 2.70. The van der Waals surface area contributed by atoms with E-state index in [4.69, 9.17) is 28.3 Å². The maximum Gasteiger partial charge on any atom is 0.141 e. The molecule has 0 radical (unpaired) electrons. The number of benzene rings is 2. The fourth-order valence-electron chi connectivity index (χ4n) is 2.38. The molecule has 1 N–H and O–H groups in total. The van der Waals surface area contributed by atoms with Crippen molar-refractivity contribution in [3.05, 3.63) is 52.5 Å². The molecule has 0 bridgehead atoms. The van der Waals surface area contributed by atoms with E-state index in [2.05, 4.69) is 9.55 Å². The third kappa shape index (κ3) is 2.77. The van der Waals surface area contributed by atoms with Crippen molar-refractivity contribution in [2.75, 3.05) is 6.61 Å². The Kier molecular flexibility index (Phi) is 4.15. The maximum atomic E-state index is 9.12. The molecule has 0 atom stereocenters. The molecule has 0 amide bonds. The second kappa shape index (κ2) is 6.06. The molecule has 0 aliphatic heterocycles. The zero-order valence-corrected chi connectivity index (χ0v) is 12.8. The number of aliphatic hydroxyl groups excluding tert-OH is 1. The van der Waals surface area contributed by atoms with Gasteiger partial charge in [-0.25, -0.2) is 4.98 Å². The molecule has 2 aromatic carbocycles. The van der Waals surface area contributed by atoms with Gasteiger partial charge in [0.1, 0.15) is 5.82 Å². The van der Waals surface area contributed by atoms with Gasteiger partial charge in [-0.05, 0) is 18.6 Å². The molecule has 3 rings (SSSR count). The van der Waals surface area contributed by atoms with E-state index in [0.717, 1.165) is 22.4 Å². The zero-order valence-electron chi connectivity index (χ0n) is 11.3. The summed E-state index contributed by atoms with van der Waals surface area (Å²) in [5.74, 6) is 0.859. The number of imidazole rings is 1. The van der Waals surface area contributed by atoms with Gasteiger partial charge in [-0.1, -0.05) is 53.5 Å². The summed E-state index contributed by atoms with van der Waals surface area (Å²) in [5, 5.41) is 10.1. The molecule has 0 fully saturated rings. The van der Waals surface area contributed by atoms with Crippen LogP contribution in [0.1, 0.15) is 6.42 Å². The van der Waals surface area contributed by atoms with E-state index in [1.54, 1.807) is 6.07 Å². The Labute approximate surface area is 132 Å². The molecule has 0 saturated heterocycles. The van der Waals surface area contributed by atoms with Gasteiger partial charge in [0.15, 0.2) is 0 Å². The summed E-state index contributed by atoms with van der Waals surface area (Å²) in [6, 6.07) is 13.6. The van der Waals surface area contributed by atoms with E-state index in [1.807, 2.05) is 36.4 Å². The monoisotopic (exact) mass is 320 g/mol. The highest BCUT2D eigenvalue weighted by Crippen LogP contribution is 2.31. The molecular formula is C16H14Cl2N2O. The molecule has 3 nitrogen and oxygen atoms in total. The quantitative estimate of drug-likeness (QED) is 0.774. The summed E-state index contributed by atoms with van der Waals surface area (Å²) < 4.78 is 2.07. The van der Waals surface area contributed by atoms with Gasteiger partial charge < -0.3 is 9.67 Å². The predicted octanol–water partition coefficient (Wildman–Crippen LogP) is 4.39. The lowest BCUT2D eigenvalue weighted by Gasteiger charge is -2.08. The average Bonchev–Trinajstić information content (AvgIpc) is 2.84. The van der Waals surface area contributed by atoms with Crippen molar-refractivity contribution >= 4 is 34.2 Å². The van der Waals surface area contributed by atoms with Crippen LogP contribution in [0.5, 0.6) is 0 Å². The molecule has 3 aromatic rings. The van der Waals surface area contributed by atoms with E-state index in [0.29, 0.717) is 23.0 Å². The molecule has 1 aromatic heterocycles. The fraction of sp³-hybridized carbons (Fsp3) is 0.188. The lowest BCUT2D eigenvalue weighted by Crippen LogP contribution is -2.02. The van der Waals surface area contributed by atoms with Crippen molar-refractivity contribution in [1.82, 2.24) is 9.55 Å². The van der Waals surface area contributed by atoms with Crippen molar-refractivity contribution in [3.63, 3.8) is 0 Å². The van der Waals surface area contributed by atoms with Gasteiger partial charge in [0.2, 0.25) is 0 Å². The van der Waals surface area contributed by atoms with E-state index < -0.39 is 0 Å². The van der Waals surface area contributed by atoms with Crippen LogP contribution in [-0.4, -0.2) is 21.3 Å². The maximum absolute atomic E-state index is 9.12. The Hall–Kier alpha value is -1.55. The SMILES string of the molecule is OCCCn1c(-c2ccccc2)nc2cc(Cl)c(Cl)cc21. The average molecular weight is 321 g/mol. The number of aliphatic hydroxyl groups is 1. The van der Waals surface area contributed by atoms with Gasteiger partial charge in [-0.2, -0.15) is 0 Å². The summed E-state index contributed by atoms with van der Waals surface area (Å²) in [4.78, 5) is 4.68. The number of aryl methyl sites for hydroxylation is 1. The van der Waals surface area contributed by atoms with Gasteiger partial charge in [0.25, 0.3) is 0 Å². The van der Waals surface area contributed by atoms with Gasteiger partial charge >= 0.3 is 0 Å². The van der Waals surface area contributed by atoms with Gasteiger partial charge in [-0.15, -0.1) is 0 Å². The summed E-state index contributed by atoms with van der Waals surface area (Å²) >= 11 is 12.2. The number of hydrogen-bond acceptors (Lipinski definition) is 2. The summed E-state index contributed by atoms with van der Waals surface area (Å²) in [6.45, 7) is 0.810. The first-order valence-electron chi connectivity index (χ1n) is 6.72. The number of halogens is 2. The lowest BCUT2D eigenvalue weighted by atomic mass is 10.2. The van der Waals surface area contributed by atoms with Crippen LogP contribution >= 0.6 is 23.2 Å². The number of nitrogens with zero attached hydrogens (tertiary/aromatic N) is 2. The van der Waals surface area contributed by atoms with E-state index in [-0.39, 0.29) is 6.61 Å². The minimum atomic E-state index is 0.134. The van der Waals surface area contributed by atoms with Crippen LogP contribution in [-0.2, 0) is 6.54 Å². The normalized spacial score (nSPS) is 11.2. The van der Waals surface area contributed by atoms with Gasteiger partial charge in [0.05, 0.1) is 21.1 Å². The van der Waals surface area contributed by atoms with Gasteiger partial charge in [-0.3, -0.25) is 0 Å². The molecule has 1 heterocycles. The van der Waals surface area contributed by atoms with Crippen LogP contribution in [0.4, 0.5) is 0 Å². The predicted molar refractivity (Wildman–Crippen MR) is 86.9 cm³/mol. The Morgan fingerprint density at radius 1 is 1.05 bits per heavy atom. The minimum Gasteiger partial charge on any atom is -0.396 e. The second-order valence-electron chi connectivity index (χ2n) is 4.79. The van der Waals surface area contributed by atoms with Crippen molar-refractivity contribution in [2.45, 2.75) is 13.0 Å². The summed E-state index contributed by atoms with van der Waals surface area (Å²) in [6.07, 6.45) is 0.658. The Morgan fingerprint density at radius 3 is 2.48 bits per heavy atom. The molecule has 108 valence electrons. The van der Waals surface area contributed by atoms with E-state index in [1.165, 1.54) is 0 Å². The summed E-state index contributed by atoms with van der Waals surface area (Å²) in [5.41, 5.74) is 2.76. The molecule has 0 unspecified atom stereocenters. The van der Waals surface area contributed by atoms with Crippen LogP contribution in [0.2, 0.25) is 10.0 Å². The number of fused-ring (bicyclic) bond motifs is 1.